The Morgan fingerprint density at radius 1 is 1.06 bits per heavy atom. The normalized spacial score (nSPS) is 38.5. The van der Waals surface area contributed by atoms with Gasteiger partial charge >= 0.3 is 0 Å². The van der Waals surface area contributed by atoms with Gasteiger partial charge in [-0.05, 0) is 43.1 Å². The summed E-state index contributed by atoms with van der Waals surface area (Å²) in [7, 11) is 0. The molecule has 0 N–H and O–H groups in total. The quantitative estimate of drug-likeness (QED) is 0.706. The maximum Gasteiger partial charge on any atom is 0.0136 e. The third kappa shape index (κ3) is 2.75. The van der Waals surface area contributed by atoms with E-state index in [2.05, 4.69) is 30.6 Å². The Balaban J connectivity index is 1.66. The summed E-state index contributed by atoms with van der Waals surface area (Å²) in [5.74, 6) is 1.93. The summed E-state index contributed by atoms with van der Waals surface area (Å²) in [5.41, 5.74) is 0.456. The van der Waals surface area contributed by atoms with Crippen molar-refractivity contribution in [1.82, 2.24) is 9.80 Å². The van der Waals surface area contributed by atoms with E-state index >= 15 is 0 Å². The van der Waals surface area contributed by atoms with Crippen LogP contribution in [0, 0.1) is 17.3 Å². The van der Waals surface area contributed by atoms with Crippen molar-refractivity contribution in [2.75, 3.05) is 32.7 Å². The summed E-state index contributed by atoms with van der Waals surface area (Å²) in [6, 6.07) is 0.928. The van der Waals surface area contributed by atoms with Crippen molar-refractivity contribution >= 4 is 0 Å². The summed E-state index contributed by atoms with van der Waals surface area (Å²) in [6.07, 6.45) is 5.91. The molecule has 3 fully saturated rings. The highest BCUT2D eigenvalue weighted by Gasteiger charge is 2.41. The summed E-state index contributed by atoms with van der Waals surface area (Å²) in [5, 5.41) is 0. The van der Waals surface area contributed by atoms with Crippen molar-refractivity contribution in [2.24, 2.45) is 17.3 Å². The van der Waals surface area contributed by atoms with Crippen molar-refractivity contribution in [3.63, 3.8) is 0 Å². The first-order chi connectivity index (χ1) is 8.51. The summed E-state index contributed by atoms with van der Waals surface area (Å²) in [4.78, 5) is 5.60. The average molecular weight is 250 g/mol. The van der Waals surface area contributed by atoms with Crippen LogP contribution in [0.5, 0.6) is 0 Å². The van der Waals surface area contributed by atoms with Crippen LogP contribution in [0.2, 0.25) is 0 Å². The van der Waals surface area contributed by atoms with Crippen LogP contribution in [-0.2, 0) is 0 Å². The van der Waals surface area contributed by atoms with Gasteiger partial charge in [0.25, 0.3) is 0 Å². The molecule has 2 bridgehead atoms. The van der Waals surface area contributed by atoms with E-state index in [1.807, 2.05) is 0 Å². The minimum Gasteiger partial charge on any atom is -0.302 e. The molecule has 3 saturated heterocycles. The lowest BCUT2D eigenvalue weighted by Crippen LogP contribution is -2.59. The second-order valence-electron chi connectivity index (χ2n) is 8.17. The van der Waals surface area contributed by atoms with Crippen LogP contribution in [0.4, 0.5) is 0 Å². The molecule has 0 radical (unpaired) electrons. The summed E-state index contributed by atoms with van der Waals surface area (Å²) >= 11 is 0. The lowest BCUT2D eigenvalue weighted by molar-refractivity contribution is -0.0373. The van der Waals surface area contributed by atoms with Crippen molar-refractivity contribution in [3.05, 3.63) is 0 Å². The monoisotopic (exact) mass is 250 g/mol. The number of hydrogen-bond acceptors (Lipinski definition) is 2. The van der Waals surface area contributed by atoms with Gasteiger partial charge in [-0.3, -0.25) is 4.90 Å². The number of hydrogen-bond donors (Lipinski definition) is 0. The predicted octanol–water partition coefficient (Wildman–Crippen LogP) is 2.84. The lowest BCUT2D eigenvalue weighted by Gasteiger charge is -2.53. The van der Waals surface area contributed by atoms with Gasteiger partial charge in [-0.15, -0.1) is 0 Å². The zero-order valence-corrected chi connectivity index (χ0v) is 12.5. The fraction of sp³-hybridized carbons (Fsp3) is 1.00. The zero-order valence-electron chi connectivity index (χ0n) is 12.5. The number of nitrogens with zero attached hydrogens (tertiary/aromatic N) is 2. The van der Waals surface area contributed by atoms with Gasteiger partial charge in [-0.2, -0.15) is 0 Å². The molecule has 0 spiro atoms. The molecule has 3 heterocycles. The van der Waals surface area contributed by atoms with Gasteiger partial charge in [-0.25, -0.2) is 0 Å². The van der Waals surface area contributed by atoms with E-state index in [-0.39, 0.29) is 0 Å². The van der Waals surface area contributed by atoms with Gasteiger partial charge in [0.2, 0.25) is 0 Å². The van der Waals surface area contributed by atoms with E-state index in [1.165, 1.54) is 58.4 Å². The van der Waals surface area contributed by atoms with Crippen LogP contribution in [0.15, 0.2) is 0 Å². The molecule has 3 aliphatic rings. The van der Waals surface area contributed by atoms with E-state index in [1.54, 1.807) is 0 Å². The number of rotatable bonds is 1. The van der Waals surface area contributed by atoms with Crippen LogP contribution >= 0.6 is 0 Å². The van der Waals surface area contributed by atoms with Gasteiger partial charge in [0.1, 0.15) is 0 Å². The maximum atomic E-state index is 2.83. The van der Waals surface area contributed by atoms with Crippen LogP contribution in [0.3, 0.4) is 0 Å². The molecular weight excluding hydrogens is 220 g/mol. The van der Waals surface area contributed by atoms with Gasteiger partial charge in [-0.1, -0.05) is 27.2 Å². The molecule has 0 aliphatic carbocycles. The molecule has 3 aliphatic heterocycles. The fourth-order valence-corrected chi connectivity index (χ4v) is 4.67. The molecule has 0 amide bonds. The molecule has 0 aromatic carbocycles. The minimum atomic E-state index is 0.456. The number of piperidine rings is 3. The first-order valence-electron chi connectivity index (χ1n) is 7.98. The van der Waals surface area contributed by atoms with Gasteiger partial charge in [0.05, 0.1) is 0 Å². The molecule has 3 atom stereocenters. The highest BCUT2D eigenvalue weighted by atomic mass is 15.2. The fourth-order valence-electron chi connectivity index (χ4n) is 4.67. The molecule has 18 heavy (non-hydrogen) atoms. The van der Waals surface area contributed by atoms with Gasteiger partial charge in [0.15, 0.2) is 0 Å². The van der Waals surface area contributed by atoms with Gasteiger partial charge in [0, 0.05) is 32.2 Å². The zero-order chi connectivity index (χ0) is 12.8. The summed E-state index contributed by atoms with van der Waals surface area (Å²) < 4.78 is 0. The van der Waals surface area contributed by atoms with Crippen molar-refractivity contribution in [3.8, 4) is 0 Å². The van der Waals surface area contributed by atoms with Crippen LogP contribution in [0.1, 0.15) is 46.5 Å². The highest BCUT2D eigenvalue weighted by Crippen LogP contribution is 2.38. The van der Waals surface area contributed by atoms with Crippen LogP contribution in [-0.4, -0.2) is 48.6 Å². The SMILES string of the molecule is CC(C)(C)CN1C[C@H]2C[C@@H](C1)[C@@H]1CCCCN1C2. The predicted molar refractivity (Wildman–Crippen MR) is 76.7 cm³/mol. The molecule has 2 nitrogen and oxygen atoms in total. The topological polar surface area (TPSA) is 6.48 Å². The molecular formula is C16H30N2. The Hall–Kier alpha value is -0.0800. The highest BCUT2D eigenvalue weighted by molar-refractivity contribution is 4.96. The molecule has 0 aromatic rings. The second kappa shape index (κ2) is 4.79. The Kier molecular flexibility index (Phi) is 3.44. The van der Waals surface area contributed by atoms with Gasteiger partial charge < -0.3 is 4.90 Å². The van der Waals surface area contributed by atoms with E-state index < -0.39 is 0 Å². The molecule has 0 saturated carbocycles. The second-order valence-corrected chi connectivity index (χ2v) is 8.17. The van der Waals surface area contributed by atoms with E-state index in [9.17, 15) is 0 Å². The minimum absolute atomic E-state index is 0.456. The standard InChI is InChI=1S/C16H30N2/c1-16(2,3)12-17-9-13-8-14(11-17)15-6-4-5-7-18(15)10-13/h13-15H,4-12H2,1-3H3/t13-,14+,15+/m1/s1. The van der Waals surface area contributed by atoms with Crippen molar-refractivity contribution in [2.45, 2.75) is 52.5 Å². The third-order valence-corrected chi connectivity index (χ3v) is 5.04. The molecule has 0 unspecified atom stereocenters. The Morgan fingerprint density at radius 3 is 2.67 bits per heavy atom. The largest absolute Gasteiger partial charge is 0.302 e. The van der Waals surface area contributed by atoms with Crippen LogP contribution < -0.4 is 0 Å². The number of likely N-dealkylation sites (tertiary alicyclic amines) is 1. The summed E-state index contributed by atoms with van der Waals surface area (Å²) in [6.45, 7) is 13.9. The van der Waals surface area contributed by atoms with E-state index in [4.69, 9.17) is 0 Å². The van der Waals surface area contributed by atoms with E-state index in [0.29, 0.717) is 5.41 Å². The van der Waals surface area contributed by atoms with Crippen molar-refractivity contribution in [1.29, 1.82) is 0 Å². The smallest absolute Gasteiger partial charge is 0.0136 e. The maximum absolute atomic E-state index is 2.83. The van der Waals surface area contributed by atoms with Crippen LogP contribution in [0.25, 0.3) is 0 Å². The van der Waals surface area contributed by atoms with E-state index in [0.717, 1.165) is 17.9 Å². The Bertz CT molecular complexity index is 294. The average Bonchev–Trinajstić information content (AvgIpc) is 2.26. The molecule has 2 heteroatoms. The Morgan fingerprint density at radius 2 is 1.89 bits per heavy atom. The Labute approximate surface area is 113 Å². The molecule has 0 aromatic heterocycles. The van der Waals surface area contributed by atoms with Crippen molar-refractivity contribution < 1.29 is 0 Å². The lowest BCUT2D eigenvalue weighted by atomic mass is 9.75. The molecule has 104 valence electrons. The number of fused-ring (bicyclic) bond motifs is 4. The first kappa shape index (κ1) is 12.9. The molecule has 3 rings (SSSR count). The third-order valence-electron chi connectivity index (χ3n) is 5.04. The first-order valence-corrected chi connectivity index (χ1v) is 7.98.